The zero-order chi connectivity index (χ0) is 21.5. The summed E-state index contributed by atoms with van der Waals surface area (Å²) in [5.74, 6) is 0.208. The highest BCUT2D eigenvalue weighted by atomic mass is 16.5. The fraction of sp³-hybridized carbons (Fsp3) is 0.167. The Kier molecular flexibility index (Phi) is 6.70. The van der Waals surface area contributed by atoms with Gasteiger partial charge in [-0.3, -0.25) is 9.59 Å². The summed E-state index contributed by atoms with van der Waals surface area (Å²) < 4.78 is 5.38. The first-order valence-electron chi connectivity index (χ1n) is 9.61. The molecule has 0 heterocycles. The minimum atomic E-state index is -0.649. The van der Waals surface area contributed by atoms with Crippen LogP contribution >= 0.6 is 0 Å². The Hall–Kier alpha value is -3.80. The maximum atomic E-state index is 13.3. The molecule has 0 saturated carbocycles. The van der Waals surface area contributed by atoms with E-state index < -0.39 is 6.04 Å². The minimum absolute atomic E-state index is 0.156. The molecule has 1 atom stereocenters. The minimum Gasteiger partial charge on any atom is -0.495 e. The summed E-state index contributed by atoms with van der Waals surface area (Å²) in [4.78, 5) is 24.6. The maximum absolute atomic E-state index is 13.3. The quantitative estimate of drug-likeness (QED) is 0.532. The zero-order valence-corrected chi connectivity index (χ0v) is 17.2. The van der Waals surface area contributed by atoms with Gasteiger partial charge in [0.05, 0.1) is 12.8 Å². The van der Waals surface area contributed by atoms with E-state index >= 15 is 0 Å². The van der Waals surface area contributed by atoms with Gasteiger partial charge in [-0.25, -0.2) is 0 Å². The summed E-state index contributed by atoms with van der Waals surface area (Å²) in [6.45, 7) is 3.41. The summed E-state index contributed by atoms with van der Waals surface area (Å²) >= 11 is 0. The first-order valence-corrected chi connectivity index (χ1v) is 9.61. The van der Waals surface area contributed by atoms with Crippen LogP contribution in [0, 0.1) is 6.92 Å². The fourth-order valence-electron chi connectivity index (χ4n) is 3.13. The van der Waals surface area contributed by atoms with Crippen molar-refractivity contribution in [1.29, 1.82) is 0 Å². The van der Waals surface area contributed by atoms with Crippen molar-refractivity contribution in [1.82, 2.24) is 0 Å². The van der Waals surface area contributed by atoms with Crippen molar-refractivity contribution in [3.05, 3.63) is 83.9 Å². The number of carbonyl (C=O) groups is 2. The Morgan fingerprint density at radius 3 is 2.30 bits per heavy atom. The smallest absolute Gasteiger partial charge is 0.251 e. The second-order valence-corrected chi connectivity index (χ2v) is 6.94. The molecule has 3 aromatic carbocycles. The lowest BCUT2D eigenvalue weighted by molar-refractivity contribution is -0.117. The molecule has 3 rings (SSSR count). The Morgan fingerprint density at radius 2 is 1.60 bits per heavy atom. The predicted molar refractivity (Wildman–Crippen MR) is 120 cm³/mol. The number of anilines is 3. The third kappa shape index (κ3) is 5.38. The highest BCUT2D eigenvalue weighted by Gasteiger charge is 2.22. The van der Waals surface area contributed by atoms with Crippen molar-refractivity contribution in [2.45, 2.75) is 19.9 Å². The van der Waals surface area contributed by atoms with E-state index in [2.05, 4.69) is 16.0 Å². The molecule has 0 aliphatic heterocycles. The molecule has 0 spiro atoms. The highest BCUT2D eigenvalue weighted by Crippen LogP contribution is 2.28. The number of hydrogen-bond donors (Lipinski definition) is 3. The van der Waals surface area contributed by atoms with E-state index in [1.807, 2.05) is 67.6 Å². The molecule has 6 nitrogen and oxygen atoms in total. The van der Waals surface area contributed by atoms with E-state index in [0.717, 1.165) is 11.1 Å². The molecule has 0 unspecified atom stereocenters. The molecule has 3 N–H and O–H groups in total. The van der Waals surface area contributed by atoms with Crippen molar-refractivity contribution >= 4 is 28.9 Å². The SMILES string of the molecule is COc1ccc(C)cc1NC(=O)[C@H](Nc1cccc(NC(C)=O)c1)c1ccccc1. The van der Waals surface area contributed by atoms with Crippen molar-refractivity contribution < 1.29 is 14.3 Å². The van der Waals surface area contributed by atoms with Gasteiger partial charge in [-0.15, -0.1) is 0 Å². The number of benzene rings is 3. The molecular formula is C24H25N3O3. The van der Waals surface area contributed by atoms with Gasteiger partial charge in [0, 0.05) is 18.3 Å². The molecule has 0 aromatic heterocycles. The predicted octanol–water partition coefficient (Wildman–Crippen LogP) is 4.75. The molecule has 0 aliphatic rings. The van der Waals surface area contributed by atoms with Crippen LogP contribution in [-0.4, -0.2) is 18.9 Å². The van der Waals surface area contributed by atoms with Gasteiger partial charge in [0.25, 0.3) is 5.91 Å². The van der Waals surface area contributed by atoms with Gasteiger partial charge in [0.2, 0.25) is 5.91 Å². The molecular weight excluding hydrogens is 378 g/mol. The third-order valence-corrected chi connectivity index (χ3v) is 4.50. The molecule has 6 heteroatoms. The standard InChI is InChI=1S/C24H25N3O3/c1-16-12-13-22(30-3)21(14-16)27-24(29)23(18-8-5-4-6-9-18)26-20-11-7-10-19(15-20)25-17(2)28/h4-15,23,26H,1-3H3,(H,25,28)(H,27,29)/t23-/m1/s1. The van der Waals surface area contributed by atoms with Gasteiger partial charge in [-0.1, -0.05) is 42.5 Å². The monoisotopic (exact) mass is 403 g/mol. The van der Waals surface area contributed by atoms with Crippen LogP contribution in [0.4, 0.5) is 17.1 Å². The van der Waals surface area contributed by atoms with E-state index in [-0.39, 0.29) is 11.8 Å². The van der Waals surface area contributed by atoms with E-state index in [4.69, 9.17) is 4.74 Å². The van der Waals surface area contributed by atoms with Gasteiger partial charge in [0.1, 0.15) is 11.8 Å². The van der Waals surface area contributed by atoms with Gasteiger partial charge < -0.3 is 20.7 Å². The number of ether oxygens (including phenoxy) is 1. The number of carbonyl (C=O) groups excluding carboxylic acids is 2. The first-order chi connectivity index (χ1) is 14.5. The van der Waals surface area contributed by atoms with Crippen LogP contribution < -0.4 is 20.7 Å². The number of hydrogen-bond acceptors (Lipinski definition) is 4. The van der Waals surface area contributed by atoms with Gasteiger partial charge >= 0.3 is 0 Å². The molecule has 0 aliphatic carbocycles. The average molecular weight is 403 g/mol. The number of rotatable bonds is 7. The van der Waals surface area contributed by atoms with E-state index in [9.17, 15) is 9.59 Å². The van der Waals surface area contributed by atoms with Crippen LogP contribution in [0.5, 0.6) is 5.75 Å². The largest absolute Gasteiger partial charge is 0.495 e. The number of amides is 2. The van der Waals surface area contributed by atoms with E-state index in [0.29, 0.717) is 22.8 Å². The average Bonchev–Trinajstić information content (AvgIpc) is 2.72. The van der Waals surface area contributed by atoms with Gasteiger partial charge in [-0.05, 0) is 48.4 Å². The van der Waals surface area contributed by atoms with Crippen LogP contribution in [0.25, 0.3) is 0 Å². The molecule has 154 valence electrons. The molecule has 3 aromatic rings. The van der Waals surface area contributed by atoms with Gasteiger partial charge in [0.15, 0.2) is 0 Å². The highest BCUT2D eigenvalue weighted by molar-refractivity contribution is 5.98. The van der Waals surface area contributed by atoms with E-state index in [1.165, 1.54) is 6.92 Å². The summed E-state index contributed by atoms with van der Waals surface area (Å²) in [7, 11) is 1.57. The summed E-state index contributed by atoms with van der Waals surface area (Å²) in [5, 5.41) is 9.00. The molecule has 0 radical (unpaired) electrons. The van der Waals surface area contributed by atoms with E-state index in [1.54, 1.807) is 19.2 Å². The second-order valence-electron chi connectivity index (χ2n) is 6.94. The fourth-order valence-corrected chi connectivity index (χ4v) is 3.13. The second kappa shape index (κ2) is 9.60. The molecule has 0 bridgehead atoms. The number of aryl methyl sites for hydroxylation is 1. The summed E-state index contributed by atoms with van der Waals surface area (Å²) in [5.41, 5.74) is 3.80. The van der Waals surface area contributed by atoms with Crippen LogP contribution in [0.1, 0.15) is 24.1 Å². The third-order valence-electron chi connectivity index (χ3n) is 4.50. The first kappa shape index (κ1) is 20.9. The topological polar surface area (TPSA) is 79.5 Å². The number of methoxy groups -OCH3 is 1. The van der Waals surface area contributed by atoms with Crippen LogP contribution in [0.3, 0.4) is 0 Å². The van der Waals surface area contributed by atoms with Gasteiger partial charge in [-0.2, -0.15) is 0 Å². The Balaban J connectivity index is 1.89. The van der Waals surface area contributed by atoms with Crippen LogP contribution in [-0.2, 0) is 9.59 Å². The molecule has 0 saturated heterocycles. The van der Waals surface area contributed by atoms with Crippen molar-refractivity contribution in [2.24, 2.45) is 0 Å². The Morgan fingerprint density at radius 1 is 0.867 bits per heavy atom. The van der Waals surface area contributed by atoms with Crippen molar-refractivity contribution in [3.63, 3.8) is 0 Å². The number of nitrogens with one attached hydrogen (secondary N) is 3. The summed E-state index contributed by atoms with van der Waals surface area (Å²) in [6, 6.07) is 21.7. The maximum Gasteiger partial charge on any atom is 0.251 e. The van der Waals surface area contributed by atoms with Crippen LogP contribution in [0.15, 0.2) is 72.8 Å². The molecule has 2 amide bonds. The lowest BCUT2D eigenvalue weighted by Crippen LogP contribution is -2.27. The summed E-state index contributed by atoms with van der Waals surface area (Å²) in [6.07, 6.45) is 0. The van der Waals surface area contributed by atoms with Crippen LogP contribution in [0.2, 0.25) is 0 Å². The normalized spacial score (nSPS) is 11.3. The van der Waals surface area contributed by atoms with Crippen molar-refractivity contribution in [2.75, 3.05) is 23.1 Å². The Labute approximate surface area is 176 Å². The molecule has 30 heavy (non-hydrogen) atoms. The molecule has 0 fully saturated rings. The Bertz CT molecular complexity index is 1030. The lowest BCUT2D eigenvalue weighted by atomic mass is 10.1. The lowest BCUT2D eigenvalue weighted by Gasteiger charge is -2.21. The van der Waals surface area contributed by atoms with Crippen molar-refractivity contribution in [3.8, 4) is 5.75 Å². The zero-order valence-electron chi connectivity index (χ0n) is 17.2.